The number of amides is 7. The van der Waals surface area contributed by atoms with E-state index >= 15 is 0 Å². The summed E-state index contributed by atoms with van der Waals surface area (Å²) >= 11 is 0. The van der Waals surface area contributed by atoms with Crippen LogP contribution in [-0.4, -0.2) is 193 Å². The average Bonchev–Trinajstić information content (AvgIpc) is 3.32. The molecule has 69 heavy (non-hydrogen) atoms. The van der Waals surface area contributed by atoms with Crippen LogP contribution in [-0.2, 0) is 54.4 Å². The molecule has 0 aliphatic carbocycles. The van der Waals surface area contributed by atoms with Gasteiger partial charge in [0.25, 0.3) is 0 Å². The van der Waals surface area contributed by atoms with Gasteiger partial charge in [-0.05, 0) is 52.3 Å². The minimum Gasteiger partial charge on any atom is -0.481 e. The summed E-state index contributed by atoms with van der Waals surface area (Å²) in [6.07, 6.45) is -1.83. The molecule has 1 rings (SSSR count). The number of nitrogens with one attached hydrogen (secondary N) is 10. The molecule has 0 radical (unpaired) electrons. The van der Waals surface area contributed by atoms with Crippen molar-refractivity contribution in [1.29, 1.82) is 0 Å². The number of hydrogen-bond donors (Lipinski definition) is 18. The SMILES string of the molecule is CNC(CCCCNNC(Cc1ccccc1)C(=O)N[C@@H](CO)C(=O)NC(CCC(=O)O)C(=O)N[C@@H](CO)C(=O)N[C@H](C(=O)N[C@@H](CC(N)=O)C(=O)NC(C=O)CO)[C@@H](C)O)C(=O)CN.CNCN. The summed E-state index contributed by atoms with van der Waals surface area (Å²) in [5.41, 5.74) is 22.1. The van der Waals surface area contributed by atoms with Gasteiger partial charge in [-0.3, -0.25) is 48.6 Å². The third-order valence-corrected chi connectivity index (χ3v) is 9.76. The Kier molecular flexibility index (Phi) is 32.8. The van der Waals surface area contributed by atoms with E-state index < -0.39 is 141 Å². The Morgan fingerprint density at radius 3 is 1.67 bits per heavy atom. The summed E-state index contributed by atoms with van der Waals surface area (Å²) in [6, 6.07) is -3.13. The molecule has 0 fully saturated rings. The van der Waals surface area contributed by atoms with Crippen molar-refractivity contribution in [3.63, 3.8) is 0 Å². The first-order valence-electron chi connectivity index (χ1n) is 21.8. The number of likely N-dealkylation sites (N-methyl/N-ethyl adjacent to an activating group) is 1. The first-order chi connectivity index (χ1) is 32.8. The van der Waals surface area contributed by atoms with E-state index in [9.17, 15) is 73.5 Å². The van der Waals surface area contributed by atoms with E-state index in [0.29, 0.717) is 32.5 Å². The molecule has 1 aromatic carbocycles. The number of hydrazine groups is 1. The molecular formula is C41H71N13O15. The number of aliphatic hydroxyl groups excluding tert-OH is 4. The van der Waals surface area contributed by atoms with Gasteiger partial charge >= 0.3 is 5.97 Å². The van der Waals surface area contributed by atoms with E-state index in [0.717, 1.165) is 12.5 Å². The highest BCUT2D eigenvalue weighted by atomic mass is 16.4. The van der Waals surface area contributed by atoms with Crippen LogP contribution in [0, 0.1) is 0 Å². The summed E-state index contributed by atoms with van der Waals surface area (Å²) in [6.45, 7) is -1.11. The Bertz CT molecular complexity index is 1780. The zero-order chi connectivity index (χ0) is 52.5. The van der Waals surface area contributed by atoms with Crippen LogP contribution in [0.1, 0.15) is 51.0 Å². The Morgan fingerprint density at radius 1 is 0.667 bits per heavy atom. The number of carbonyl (C=O) groups excluding carboxylic acids is 9. The number of carboxylic acids is 1. The van der Waals surface area contributed by atoms with E-state index in [1.54, 1.807) is 44.4 Å². The van der Waals surface area contributed by atoms with Crippen molar-refractivity contribution in [2.45, 2.75) is 106 Å². The predicted octanol–water partition coefficient (Wildman–Crippen LogP) is -8.69. The maximum Gasteiger partial charge on any atom is 0.303 e. The topological polar surface area (TPSA) is 470 Å². The van der Waals surface area contributed by atoms with Crippen molar-refractivity contribution < 1.29 is 73.5 Å². The normalized spacial score (nSPS) is 14.7. The largest absolute Gasteiger partial charge is 0.481 e. The number of rotatable bonds is 35. The maximum atomic E-state index is 13.6. The van der Waals surface area contributed by atoms with Crippen molar-refractivity contribution in [3.05, 3.63) is 35.9 Å². The minimum absolute atomic E-state index is 0.0985. The second-order valence-electron chi connectivity index (χ2n) is 15.3. The minimum atomic E-state index is -1.92. The standard InChI is InChI=1S/C39H63N11O15.C2H8N2/c1-21(55)33(39(65)46-26(15-31(41)57)35(61)44-23(17-51)18-52)49-38(64)29(20-54)47-34(60)25(11-12-32(58)59)45-37(63)28(19-53)48-36(62)27(14-22-8-4-3-5-9-22)50-43-13-7-6-10-24(42-2)30(56)16-40;1-4-2-3/h3-5,8-9,17,21,23-29,33,42-43,50,52-55H,6-7,10-16,18-20,40H2,1-2H3,(H2,41,57)(H,44,61)(H,45,63)(H,46,65)(H,47,60)(H,48,62)(H,49,64)(H,58,59);4H,2-3H2,1H3/t21-,23?,24?,25?,26+,27?,28+,29+,33+;/m1./s1. The number of carbonyl (C=O) groups is 10. The van der Waals surface area contributed by atoms with Crippen LogP contribution < -0.4 is 70.6 Å². The Labute approximate surface area is 398 Å². The molecular weight excluding hydrogens is 915 g/mol. The summed E-state index contributed by atoms with van der Waals surface area (Å²) in [5.74, 6) is -9.49. The lowest BCUT2D eigenvalue weighted by molar-refractivity contribution is -0.139. The van der Waals surface area contributed by atoms with Crippen LogP contribution in [0.25, 0.3) is 0 Å². The van der Waals surface area contributed by atoms with Gasteiger partial charge in [0.05, 0.1) is 44.9 Å². The van der Waals surface area contributed by atoms with E-state index in [-0.39, 0.29) is 25.0 Å². The van der Waals surface area contributed by atoms with Gasteiger partial charge in [-0.2, -0.15) is 0 Å². The summed E-state index contributed by atoms with van der Waals surface area (Å²) in [4.78, 5) is 126. The molecule has 0 spiro atoms. The molecule has 28 heteroatoms. The molecule has 0 heterocycles. The third-order valence-electron chi connectivity index (χ3n) is 9.76. The van der Waals surface area contributed by atoms with Crippen LogP contribution in [0.15, 0.2) is 30.3 Å². The van der Waals surface area contributed by atoms with Gasteiger partial charge in [0, 0.05) is 19.6 Å². The number of Topliss-reactive ketones (excluding diaryl/α,β-unsaturated/α-hetero) is 1. The van der Waals surface area contributed by atoms with Crippen LogP contribution in [0.5, 0.6) is 0 Å². The number of hydrogen-bond acceptors (Lipinski definition) is 20. The van der Waals surface area contributed by atoms with E-state index in [4.69, 9.17) is 17.2 Å². The molecule has 0 saturated carbocycles. The Morgan fingerprint density at radius 2 is 1.19 bits per heavy atom. The lowest BCUT2D eigenvalue weighted by atomic mass is 10.0. The number of aldehydes is 1. The van der Waals surface area contributed by atoms with E-state index in [2.05, 4.69) is 53.4 Å². The molecule has 28 nitrogen and oxygen atoms in total. The van der Waals surface area contributed by atoms with Crippen molar-refractivity contribution in [3.8, 4) is 0 Å². The molecule has 0 aliphatic rings. The molecule has 7 amide bonds. The van der Waals surface area contributed by atoms with Crippen LogP contribution in [0.3, 0.4) is 0 Å². The highest BCUT2D eigenvalue weighted by molar-refractivity contribution is 5.98. The van der Waals surface area contributed by atoms with Crippen molar-refractivity contribution in [2.75, 3.05) is 53.7 Å². The van der Waals surface area contributed by atoms with E-state index in [1.165, 1.54) is 0 Å². The highest BCUT2D eigenvalue weighted by Gasteiger charge is 2.35. The molecule has 0 aliphatic heterocycles. The average molecular weight is 986 g/mol. The predicted molar refractivity (Wildman–Crippen MR) is 245 cm³/mol. The molecule has 0 bridgehead atoms. The Hall–Kier alpha value is -6.08. The maximum absolute atomic E-state index is 13.6. The van der Waals surface area contributed by atoms with Gasteiger partial charge in [-0.1, -0.05) is 36.8 Å². The molecule has 390 valence electrons. The number of benzene rings is 1. The summed E-state index contributed by atoms with van der Waals surface area (Å²) in [7, 11) is 3.46. The van der Waals surface area contributed by atoms with Gasteiger partial charge in [-0.15, -0.1) is 0 Å². The second kappa shape index (κ2) is 36.0. The third kappa shape index (κ3) is 25.7. The van der Waals surface area contributed by atoms with Gasteiger partial charge < -0.3 is 90.1 Å². The summed E-state index contributed by atoms with van der Waals surface area (Å²) < 4.78 is 0. The lowest BCUT2D eigenvalue weighted by Gasteiger charge is -2.27. The number of ketones is 1. The molecule has 21 N–H and O–H groups in total. The van der Waals surface area contributed by atoms with Crippen LogP contribution in [0.2, 0.25) is 0 Å². The number of aliphatic hydroxyl groups is 4. The number of aliphatic carboxylic acids is 1. The zero-order valence-corrected chi connectivity index (χ0v) is 38.9. The van der Waals surface area contributed by atoms with Crippen LogP contribution >= 0.6 is 0 Å². The fraction of sp³-hybridized carbons (Fsp3) is 0.610. The molecule has 0 saturated heterocycles. The molecule has 1 aromatic rings. The lowest BCUT2D eigenvalue weighted by Crippen LogP contribution is -2.62. The Balaban J connectivity index is 0.0000111. The van der Waals surface area contributed by atoms with Crippen molar-refractivity contribution >= 4 is 59.4 Å². The van der Waals surface area contributed by atoms with Crippen molar-refractivity contribution in [1.82, 2.24) is 53.4 Å². The monoisotopic (exact) mass is 986 g/mol. The molecule has 4 unspecified atom stereocenters. The van der Waals surface area contributed by atoms with Gasteiger partial charge in [0.1, 0.15) is 48.6 Å². The fourth-order valence-electron chi connectivity index (χ4n) is 5.90. The number of nitrogens with two attached hydrogens (primary N) is 3. The van der Waals surface area contributed by atoms with Gasteiger partial charge in [-0.25, -0.2) is 5.43 Å². The van der Waals surface area contributed by atoms with Gasteiger partial charge in [0.15, 0.2) is 5.78 Å². The first-order valence-corrected chi connectivity index (χ1v) is 21.8. The van der Waals surface area contributed by atoms with E-state index in [1.807, 2.05) is 0 Å². The van der Waals surface area contributed by atoms with Crippen molar-refractivity contribution in [2.24, 2.45) is 17.2 Å². The second-order valence-corrected chi connectivity index (χ2v) is 15.3. The highest BCUT2D eigenvalue weighted by Crippen LogP contribution is 2.07. The number of unbranched alkanes of at least 4 members (excludes halogenated alkanes) is 1. The van der Waals surface area contributed by atoms with Gasteiger partial charge in [0.2, 0.25) is 41.4 Å². The summed E-state index contributed by atoms with van der Waals surface area (Å²) in [5, 5.41) is 67.6. The smallest absolute Gasteiger partial charge is 0.303 e. The van der Waals surface area contributed by atoms with Crippen LogP contribution in [0.4, 0.5) is 0 Å². The quantitative estimate of drug-likeness (QED) is 0.0130. The number of primary amides is 1. The molecule has 0 aromatic heterocycles. The molecule has 9 atom stereocenters. The number of carboxylic acid groups (broad SMARTS) is 1. The fourth-order valence-corrected chi connectivity index (χ4v) is 5.90. The zero-order valence-electron chi connectivity index (χ0n) is 38.9. The first kappa shape index (κ1) is 62.9.